The Bertz CT molecular complexity index is 516. The number of carboxylic acids is 1. The third-order valence-corrected chi connectivity index (χ3v) is 5.07. The maximum atomic E-state index is 11.0. The van der Waals surface area contributed by atoms with Crippen LogP contribution in [0.25, 0.3) is 0 Å². The van der Waals surface area contributed by atoms with E-state index in [9.17, 15) is 4.79 Å². The van der Waals surface area contributed by atoms with Gasteiger partial charge in [0.1, 0.15) is 6.04 Å². The largest absolute Gasteiger partial charge is 0.480 e. The molecular formula is C15H20Cl2N2O2. The van der Waals surface area contributed by atoms with Crippen molar-refractivity contribution in [1.82, 2.24) is 9.80 Å². The molecule has 2 rings (SSSR count). The zero-order chi connectivity index (χ0) is 15.6. The Morgan fingerprint density at radius 2 is 1.71 bits per heavy atom. The average Bonchev–Trinajstić information content (AvgIpc) is 2.48. The first-order chi connectivity index (χ1) is 9.91. The topological polar surface area (TPSA) is 43.8 Å². The average molecular weight is 331 g/mol. The summed E-state index contributed by atoms with van der Waals surface area (Å²) in [7, 11) is 0. The Balaban J connectivity index is 2.02. The molecule has 21 heavy (non-hydrogen) atoms. The van der Waals surface area contributed by atoms with Crippen molar-refractivity contribution in [3.05, 3.63) is 33.8 Å². The molecule has 0 amide bonds. The predicted octanol–water partition coefficient (Wildman–Crippen LogP) is 3.15. The number of hydrogen-bond donors (Lipinski definition) is 1. The summed E-state index contributed by atoms with van der Waals surface area (Å²) in [5.74, 6) is -0.769. The molecule has 1 aromatic rings. The quantitative estimate of drug-likeness (QED) is 0.921. The van der Waals surface area contributed by atoms with Crippen LogP contribution in [0.1, 0.15) is 25.5 Å². The van der Waals surface area contributed by atoms with Crippen molar-refractivity contribution in [3.63, 3.8) is 0 Å². The number of aliphatic carboxylic acids is 1. The highest BCUT2D eigenvalue weighted by Gasteiger charge is 2.28. The maximum Gasteiger partial charge on any atom is 0.320 e. The molecule has 1 heterocycles. The van der Waals surface area contributed by atoms with Crippen molar-refractivity contribution >= 4 is 29.2 Å². The molecule has 1 aromatic carbocycles. The van der Waals surface area contributed by atoms with Crippen LogP contribution >= 0.6 is 23.2 Å². The van der Waals surface area contributed by atoms with Crippen LogP contribution in [-0.2, 0) is 4.79 Å². The highest BCUT2D eigenvalue weighted by molar-refractivity contribution is 6.42. The lowest BCUT2D eigenvalue weighted by Gasteiger charge is -2.39. The van der Waals surface area contributed by atoms with Crippen molar-refractivity contribution in [1.29, 1.82) is 0 Å². The van der Waals surface area contributed by atoms with Gasteiger partial charge in [-0.15, -0.1) is 0 Å². The number of rotatable bonds is 4. The molecule has 0 spiro atoms. The lowest BCUT2D eigenvalue weighted by molar-refractivity contribution is -0.143. The van der Waals surface area contributed by atoms with Crippen molar-refractivity contribution < 1.29 is 9.90 Å². The summed E-state index contributed by atoms with van der Waals surface area (Å²) < 4.78 is 0. The molecule has 1 saturated heterocycles. The Kier molecular flexibility index (Phi) is 5.49. The van der Waals surface area contributed by atoms with E-state index in [1.807, 2.05) is 17.0 Å². The Morgan fingerprint density at radius 1 is 1.14 bits per heavy atom. The van der Waals surface area contributed by atoms with E-state index in [-0.39, 0.29) is 6.04 Å². The normalized spacial score (nSPS) is 20.2. The SMILES string of the molecule is CC(C(=O)O)N1CCN(C(C)c2cccc(Cl)c2Cl)CC1. The van der Waals surface area contributed by atoms with Crippen LogP contribution in [0.3, 0.4) is 0 Å². The standard InChI is InChI=1S/C15H20Cl2N2O2/c1-10(12-4-3-5-13(16)14(12)17)18-6-8-19(9-7-18)11(2)15(20)21/h3-5,10-11H,6-9H2,1-2H3,(H,20,21). The van der Waals surface area contributed by atoms with E-state index >= 15 is 0 Å². The van der Waals surface area contributed by atoms with Gasteiger partial charge in [0.05, 0.1) is 10.0 Å². The molecule has 1 N–H and O–H groups in total. The van der Waals surface area contributed by atoms with Crippen molar-refractivity contribution in [2.24, 2.45) is 0 Å². The van der Waals surface area contributed by atoms with Gasteiger partial charge in [0.25, 0.3) is 0 Å². The minimum absolute atomic E-state index is 0.165. The third kappa shape index (κ3) is 3.69. The molecule has 0 aromatic heterocycles. The summed E-state index contributed by atoms with van der Waals surface area (Å²) in [6, 6.07) is 5.41. The van der Waals surface area contributed by atoms with Gasteiger partial charge in [-0.3, -0.25) is 14.6 Å². The van der Waals surface area contributed by atoms with Crippen molar-refractivity contribution in [2.45, 2.75) is 25.9 Å². The number of halogens is 2. The van der Waals surface area contributed by atoms with E-state index in [4.69, 9.17) is 28.3 Å². The summed E-state index contributed by atoms with van der Waals surface area (Å²) >= 11 is 12.4. The lowest BCUT2D eigenvalue weighted by Crippen LogP contribution is -2.52. The third-order valence-electron chi connectivity index (χ3n) is 4.23. The molecule has 0 radical (unpaired) electrons. The highest BCUT2D eigenvalue weighted by atomic mass is 35.5. The second kappa shape index (κ2) is 6.97. The van der Waals surface area contributed by atoms with E-state index in [1.165, 1.54) is 0 Å². The molecule has 0 saturated carbocycles. The summed E-state index contributed by atoms with van der Waals surface area (Å²) in [5, 5.41) is 10.2. The predicted molar refractivity (Wildman–Crippen MR) is 85.1 cm³/mol. The minimum Gasteiger partial charge on any atom is -0.480 e. The summed E-state index contributed by atoms with van der Waals surface area (Å²) in [5.41, 5.74) is 1.02. The first kappa shape index (κ1) is 16.6. The lowest BCUT2D eigenvalue weighted by atomic mass is 10.1. The van der Waals surface area contributed by atoms with Crippen molar-refractivity contribution in [3.8, 4) is 0 Å². The fourth-order valence-corrected chi connectivity index (χ4v) is 3.17. The molecule has 1 aliphatic heterocycles. The zero-order valence-corrected chi connectivity index (χ0v) is 13.7. The fourth-order valence-electron chi connectivity index (χ4n) is 2.71. The first-order valence-electron chi connectivity index (χ1n) is 7.06. The van der Waals surface area contributed by atoms with Crippen molar-refractivity contribution in [2.75, 3.05) is 26.2 Å². The summed E-state index contributed by atoms with van der Waals surface area (Å²) in [6.07, 6.45) is 0. The second-order valence-electron chi connectivity index (χ2n) is 5.41. The number of carbonyl (C=O) groups is 1. The smallest absolute Gasteiger partial charge is 0.320 e. The number of hydrogen-bond acceptors (Lipinski definition) is 3. The number of carboxylic acid groups (broad SMARTS) is 1. The minimum atomic E-state index is -0.769. The Morgan fingerprint density at radius 3 is 2.29 bits per heavy atom. The molecule has 2 unspecified atom stereocenters. The number of benzene rings is 1. The monoisotopic (exact) mass is 330 g/mol. The van der Waals surface area contributed by atoms with Gasteiger partial charge in [0.2, 0.25) is 0 Å². The molecule has 2 atom stereocenters. The Hall–Kier alpha value is -0.810. The number of piperazine rings is 1. The van der Waals surface area contributed by atoms with Gasteiger partial charge in [0.15, 0.2) is 0 Å². The molecule has 0 aliphatic carbocycles. The summed E-state index contributed by atoms with van der Waals surface area (Å²) in [4.78, 5) is 15.3. The van der Waals surface area contributed by atoms with Gasteiger partial charge < -0.3 is 5.11 Å². The van der Waals surface area contributed by atoms with Gasteiger partial charge in [-0.2, -0.15) is 0 Å². The molecule has 1 fully saturated rings. The fraction of sp³-hybridized carbons (Fsp3) is 0.533. The van der Waals surface area contributed by atoms with Gasteiger partial charge in [-0.1, -0.05) is 35.3 Å². The van der Waals surface area contributed by atoms with Gasteiger partial charge >= 0.3 is 5.97 Å². The molecule has 0 bridgehead atoms. The molecule has 116 valence electrons. The van der Waals surface area contributed by atoms with Crippen LogP contribution in [0.2, 0.25) is 10.0 Å². The van der Waals surface area contributed by atoms with Gasteiger partial charge in [0, 0.05) is 32.2 Å². The molecule has 6 heteroatoms. The van der Waals surface area contributed by atoms with Crippen LogP contribution in [0.15, 0.2) is 18.2 Å². The van der Waals surface area contributed by atoms with Gasteiger partial charge in [-0.05, 0) is 25.5 Å². The molecular weight excluding hydrogens is 311 g/mol. The van der Waals surface area contributed by atoms with Crippen LogP contribution in [-0.4, -0.2) is 53.1 Å². The first-order valence-corrected chi connectivity index (χ1v) is 7.82. The second-order valence-corrected chi connectivity index (χ2v) is 6.19. The molecule has 4 nitrogen and oxygen atoms in total. The highest BCUT2D eigenvalue weighted by Crippen LogP contribution is 2.33. The summed E-state index contributed by atoms with van der Waals surface area (Å²) in [6.45, 7) is 6.97. The van der Waals surface area contributed by atoms with E-state index in [1.54, 1.807) is 13.0 Å². The molecule has 1 aliphatic rings. The Labute approximate surface area is 135 Å². The van der Waals surface area contributed by atoms with Crippen LogP contribution in [0, 0.1) is 0 Å². The van der Waals surface area contributed by atoms with E-state index in [0.29, 0.717) is 10.0 Å². The van der Waals surface area contributed by atoms with Crippen LogP contribution in [0.5, 0.6) is 0 Å². The maximum absolute atomic E-state index is 11.0. The van der Waals surface area contributed by atoms with Crippen LogP contribution < -0.4 is 0 Å². The van der Waals surface area contributed by atoms with E-state index < -0.39 is 12.0 Å². The van der Waals surface area contributed by atoms with Gasteiger partial charge in [-0.25, -0.2) is 0 Å². The zero-order valence-electron chi connectivity index (χ0n) is 12.2. The van der Waals surface area contributed by atoms with E-state index in [0.717, 1.165) is 31.7 Å². The number of nitrogens with zero attached hydrogens (tertiary/aromatic N) is 2. The van der Waals surface area contributed by atoms with E-state index in [2.05, 4.69) is 11.8 Å². The van der Waals surface area contributed by atoms with Crippen LogP contribution in [0.4, 0.5) is 0 Å².